The molecule has 11 aromatic rings. The van der Waals surface area contributed by atoms with E-state index in [0.29, 0.717) is 0 Å². The first-order valence-corrected chi connectivity index (χ1v) is 19.4. The smallest absolute Gasteiger partial charge is 0.159 e. The predicted octanol–water partition coefficient (Wildman–Crippen LogP) is 12.3. The predicted molar refractivity (Wildman–Crippen MR) is 232 cm³/mol. The molecule has 0 bridgehead atoms. The molecule has 8 nitrogen and oxygen atoms in total. The van der Waals surface area contributed by atoms with Gasteiger partial charge in [-0.05, 0) is 53.1 Å². The van der Waals surface area contributed by atoms with Gasteiger partial charge in [0.25, 0.3) is 0 Å². The largest absolute Gasteiger partial charge is 0.453 e. The topological polar surface area (TPSA) is 85.5 Å². The molecule has 2 aliphatic rings. The normalized spacial score (nSPS) is 16.1. The number of benzene rings is 5. The van der Waals surface area contributed by atoms with Crippen molar-refractivity contribution in [3.63, 3.8) is 0 Å². The molecule has 0 fully saturated rings. The Bertz CT molecular complexity index is 3520. The molecule has 58 heavy (non-hydrogen) atoms. The van der Waals surface area contributed by atoms with Crippen molar-refractivity contribution >= 4 is 83.3 Å². The average molecular weight is 747 g/mol. The zero-order valence-corrected chi connectivity index (χ0v) is 30.8. The Balaban J connectivity index is 0.961. The summed E-state index contributed by atoms with van der Waals surface area (Å²) in [6.07, 6.45) is 17.4. The molecule has 8 heteroatoms. The number of para-hydroxylation sites is 4. The molecule has 8 heterocycles. The molecule has 6 aromatic heterocycles. The lowest BCUT2D eigenvalue weighted by Crippen LogP contribution is -2.32. The van der Waals surface area contributed by atoms with Crippen LogP contribution in [0, 0.1) is 0 Å². The van der Waals surface area contributed by atoms with Gasteiger partial charge >= 0.3 is 0 Å². The van der Waals surface area contributed by atoms with Crippen LogP contribution >= 0.6 is 0 Å². The fraction of sp³-hybridized carbons (Fsp3) is 0.0400. The molecule has 13 rings (SSSR count). The van der Waals surface area contributed by atoms with E-state index in [1.54, 1.807) is 0 Å². The SMILES string of the molecule is C1=CC2c3ccncc3N(c3cccc4c3oc3c(-c5cccc(-c6cccc7c6oc6c(-n8c9cnccc9c9ccncc98)cccc67)c5)cccc34)C2C=N1. The molecular formula is C50H30N6O2. The van der Waals surface area contributed by atoms with Crippen molar-refractivity contribution in [1.29, 1.82) is 0 Å². The highest BCUT2D eigenvalue weighted by Gasteiger charge is 2.39. The van der Waals surface area contributed by atoms with Gasteiger partial charge in [-0.1, -0.05) is 84.9 Å². The second-order valence-electron chi connectivity index (χ2n) is 15.0. The maximum Gasteiger partial charge on any atom is 0.159 e. The van der Waals surface area contributed by atoms with Crippen molar-refractivity contribution in [3.05, 3.63) is 170 Å². The minimum absolute atomic E-state index is 0.0344. The molecule has 0 saturated carbocycles. The number of furan rings is 2. The number of nitrogens with zero attached hydrogens (tertiary/aromatic N) is 6. The van der Waals surface area contributed by atoms with Crippen LogP contribution < -0.4 is 4.90 Å². The number of fused-ring (bicyclic) bond motifs is 12. The highest BCUT2D eigenvalue weighted by atomic mass is 16.3. The lowest BCUT2D eigenvalue weighted by molar-refractivity contribution is 0.667. The van der Waals surface area contributed by atoms with Crippen molar-refractivity contribution in [1.82, 2.24) is 19.5 Å². The van der Waals surface area contributed by atoms with Crippen LogP contribution in [-0.2, 0) is 0 Å². The van der Waals surface area contributed by atoms with Crippen LogP contribution in [0.15, 0.2) is 179 Å². The summed E-state index contributed by atoms with van der Waals surface area (Å²) in [4.78, 5) is 20.4. The van der Waals surface area contributed by atoms with Gasteiger partial charge in [-0.15, -0.1) is 0 Å². The quantitative estimate of drug-likeness (QED) is 0.178. The average Bonchev–Trinajstić information content (AvgIpc) is 4.04. The summed E-state index contributed by atoms with van der Waals surface area (Å²) in [5, 5.41) is 6.49. The number of rotatable bonds is 4. The molecule has 5 aromatic carbocycles. The van der Waals surface area contributed by atoms with Crippen LogP contribution in [0.5, 0.6) is 0 Å². The molecule has 2 aliphatic heterocycles. The Kier molecular flexibility index (Phi) is 6.40. The molecule has 0 aliphatic carbocycles. The summed E-state index contributed by atoms with van der Waals surface area (Å²) < 4.78 is 16.2. The molecule has 0 amide bonds. The summed E-state index contributed by atoms with van der Waals surface area (Å²) >= 11 is 0. The van der Waals surface area contributed by atoms with Crippen LogP contribution in [0.2, 0.25) is 0 Å². The lowest BCUT2D eigenvalue weighted by Gasteiger charge is -2.27. The van der Waals surface area contributed by atoms with Gasteiger partial charge in [-0.2, -0.15) is 0 Å². The summed E-state index contributed by atoms with van der Waals surface area (Å²) in [6, 6.07) is 40.5. The number of aromatic nitrogens is 4. The standard InChI is InChI=1S/C50H30N6O2/c1-6-29(31-8-2-10-37-39-12-4-14-41(49(39)57-47(31)37)55-43-25-51-20-16-33(43)34-17-21-52-26-44(34)55)24-30(7-1)32-9-3-11-38-40-13-5-15-42(50(40)58-48(32)38)56-45-27-53-22-18-35(45)36-19-23-54-28-46(36)56/h1-28,33,43H. The number of hydrogen-bond donors (Lipinski definition) is 0. The van der Waals surface area contributed by atoms with E-state index in [4.69, 9.17) is 8.83 Å². The van der Waals surface area contributed by atoms with Gasteiger partial charge in [0.1, 0.15) is 11.2 Å². The number of pyridine rings is 3. The Morgan fingerprint density at radius 1 is 0.483 bits per heavy atom. The summed E-state index contributed by atoms with van der Waals surface area (Å²) in [7, 11) is 0. The van der Waals surface area contributed by atoms with E-state index in [1.165, 1.54) is 5.56 Å². The highest BCUT2D eigenvalue weighted by molar-refractivity contribution is 6.16. The minimum Gasteiger partial charge on any atom is -0.453 e. The molecule has 0 N–H and O–H groups in total. The fourth-order valence-electron chi connectivity index (χ4n) is 9.59. The second kappa shape index (κ2) is 11.8. The van der Waals surface area contributed by atoms with E-state index >= 15 is 0 Å². The van der Waals surface area contributed by atoms with E-state index < -0.39 is 0 Å². The van der Waals surface area contributed by atoms with Crippen molar-refractivity contribution in [2.75, 3.05) is 4.90 Å². The van der Waals surface area contributed by atoms with Gasteiger partial charge in [-0.3, -0.25) is 19.9 Å². The number of aliphatic imine (C=N–C) groups is 1. The summed E-state index contributed by atoms with van der Waals surface area (Å²) in [5.41, 5.74) is 13.8. The third kappa shape index (κ3) is 4.28. The first-order valence-electron chi connectivity index (χ1n) is 19.4. The third-order valence-electron chi connectivity index (χ3n) is 12.1. The maximum atomic E-state index is 6.99. The van der Waals surface area contributed by atoms with E-state index in [9.17, 15) is 0 Å². The Morgan fingerprint density at radius 2 is 1.03 bits per heavy atom. The first kappa shape index (κ1) is 31.4. The zero-order valence-electron chi connectivity index (χ0n) is 30.8. The van der Waals surface area contributed by atoms with Crippen LogP contribution in [0.1, 0.15) is 11.5 Å². The Labute approximate surface area is 330 Å². The number of hydrogen-bond acceptors (Lipinski definition) is 7. The van der Waals surface area contributed by atoms with Gasteiger partial charge < -0.3 is 18.3 Å². The summed E-state index contributed by atoms with van der Waals surface area (Å²) in [6.45, 7) is 0. The second-order valence-corrected chi connectivity index (χ2v) is 15.0. The number of anilines is 2. The Hall–Kier alpha value is -7.84. The van der Waals surface area contributed by atoms with Gasteiger partial charge in [-0.25, -0.2) is 0 Å². The molecule has 0 saturated heterocycles. The first-order chi connectivity index (χ1) is 28.8. The maximum absolute atomic E-state index is 6.99. The van der Waals surface area contributed by atoms with Crippen LogP contribution in [0.3, 0.4) is 0 Å². The highest BCUT2D eigenvalue weighted by Crippen LogP contribution is 2.49. The molecule has 2 atom stereocenters. The van der Waals surface area contributed by atoms with Gasteiger partial charge in [0.15, 0.2) is 11.2 Å². The molecule has 2 unspecified atom stereocenters. The van der Waals surface area contributed by atoms with Crippen molar-refractivity contribution < 1.29 is 8.83 Å². The molecule has 0 radical (unpaired) electrons. The molecule has 272 valence electrons. The van der Waals surface area contributed by atoms with Crippen LogP contribution in [0.4, 0.5) is 11.4 Å². The van der Waals surface area contributed by atoms with E-state index in [1.807, 2.05) is 49.6 Å². The van der Waals surface area contributed by atoms with E-state index in [2.05, 4.69) is 151 Å². The lowest BCUT2D eigenvalue weighted by atomic mass is 9.95. The third-order valence-corrected chi connectivity index (χ3v) is 12.1. The fourth-order valence-corrected chi connectivity index (χ4v) is 9.59. The van der Waals surface area contributed by atoms with E-state index in [0.717, 1.165) is 105 Å². The van der Waals surface area contributed by atoms with Crippen molar-refractivity contribution in [3.8, 4) is 27.9 Å². The molecule has 0 spiro atoms. The van der Waals surface area contributed by atoms with E-state index in [-0.39, 0.29) is 12.0 Å². The van der Waals surface area contributed by atoms with Crippen molar-refractivity contribution in [2.45, 2.75) is 12.0 Å². The molecular weight excluding hydrogens is 717 g/mol. The van der Waals surface area contributed by atoms with Gasteiger partial charge in [0.05, 0.1) is 52.7 Å². The van der Waals surface area contributed by atoms with Gasteiger partial charge in [0.2, 0.25) is 0 Å². The minimum atomic E-state index is 0.0344. The van der Waals surface area contributed by atoms with Crippen LogP contribution in [-0.4, -0.2) is 31.8 Å². The van der Waals surface area contributed by atoms with Crippen LogP contribution in [0.25, 0.3) is 93.6 Å². The Morgan fingerprint density at radius 3 is 1.71 bits per heavy atom. The zero-order chi connectivity index (χ0) is 37.9. The van der Waals surface area contributed by atoms with Gasteiger partial charge in [0, 0.05) is 80.4 Å². The van der Waals surface area contributed by atoms with Crippen molar-refractivity contribution in [2.24, 2.45) is 4.99 Å². The monoisotopic (exact) mass is 746 g/mol. The summed E-state index contributed by atoms with van der Waals surface area (Å²) in [5.74, 6) is 0.194.